The fourth-order valence-corrected chi connectivity index (χ4v) is 2.00. The van der Waals surface area contributed by atoms with E-state index < -0.39 is 0 Å². The SMILES string of the molecule is O=C(Nc1cc(Br)ccc1I)NC1CC1. The van der Waals surface area contributed by atoms with Crippen LogP contribution >= 0.6 is 38.5 Å². The second-order valence-electron chi connectivity index (χ2n) is 3.50. The average molecular weight is 381 g/mol. The van der Waals surface area contributed by atoms with E-state index in [9.17, 15) is 4.79 Å². The number of carbonyl (C=O) groups excluding carboxylic acids is 1. The highest BCUT2D eigenvalue weighted by Crippen LogP contribution is 2.23. The molecular formula is C10H10BrIN2O. The summed E-state index contributed by atoms with van der Waals surface area (Å²) in [5.41, 5.74) is 0.836. The van der Waals surface area contributed by atoms with Crippen LogP contribution in [-0.2, 0) is 0 Å². The van der Waals surface area contributed by atoms with Gasteiger partial charge >= 0.3 is 6.03 Å². The van der Waals surface area contributed by atoms with Gasteiger partial charge in [0, 0.05) is 14.1 Å². The maximum Gasteiger partial charge on any atom is 0.319 e. The average Bonchev–Trinajstić information content (AvgIpc) is 2.95. The summed E-state index contributed by atoms with van der Waals surface area (Å²) in [4.78, 5) is 11.5. The van der Waals surface area contributed by atoms with Gasteiger partial charge in [0.2, 0.25) is 0 Å². The molecule has 1 saturated carbocycles. The molecule has 1 aliphatic carbocycles. The highest BCUT2D eigenvalue weighted by atomic mass is 127. The summed E-state index contributed by atoms with van der Waals surface area (Å²) in [5, 5.41) is 5.72. The van der Waals surface area contributed by atoms with Crippen molar-refractivity contribution >= 4 is 50.2 Å². The van der Waals surface area contributed by atoms with E-state index in [1.165, 1.54) is 0 Å². The first-order chi connectivity index (χ1) is 7.15. The lowest BCUT2D eigenvalue weighted by atomic mass is 10.3. The van der Waals surface area contributed by atoms with Gasteiger partial charge in [-0.25, -0.2) is 4.79 Å². The van der Waals surface area contributed by atoms with Crippen molar-refractivity contribution in [2.75, 3.05) is 5.32 Å². The molecule has 5 heteroatoms. The van der Waals surface area contributed by atoms with Crippen molar-refractivity contribution < 1.29 is 4.79 Å². The quantitative estimate of drug-likeness (QED) is 0.759. The maximum atomic E-state index is 11.5. The third kappa shape index (κ3) is 3.34. The molecule has 80 valence electrons. The minimum absolute atomic E-state index is 0.117. The lowest BCUT2D eigenvalue weighted by Crippen LogP contribution is -2.30. The van der Waals surface area contributed by atoms with Crippen LogP contribution in [0.3, 0.4) is 0 Å². The van der Waals surface area contributed by atoms with E-state index in [0.717, 1.165) is 26.6 Å². The fourth-order valence-electron chi connectivity index (χ4n) is 1.16. The Kier molecular flexibility index (Phi) is 3.50. The van der Waals surface area contributed by atoms with Crippen molar-refractivity contribution in [2.45, 2.75) is 18.9 Å². The zero-order valence-corrected chi connectivity index (χ0v) is 11.6. The molecule has 0 aromatic heterocycles. The van der Waals surface area contributed by atoms with E-state index in [-0.39, 0.29) is 6.03 Å². The van der Waals surface area contributed by atoms with Crippen molar-refractivity contribution in [1.82, 2.24) is 5.32 Å². The number of hydrogen-bond donors (Lipinski definition) is 2. The Morgan fingerprint density at radius 2 is 2.20 bits per heavy atom. The fraction of sp³-hybridized carbons (Fsp3) is 0.300. The molecule has 0 saturated heterocycles. The van der Waals surface area contributed by atoms with Crippen LogP contribution in [0.15, 0.2) is 22.7 Å². The van der Waals surface area contributed by atoms with Gasteiger partial charge < -0.3 is 10.6 Å². The van der Waals surface area contributed by atoms with Crippen LogP contribution in [0.4, 0.5) is 10.5 Å². The summed E-state index contributed by atoms with van der Waals surface area (Å²) in [6.07, 6.45) is 2.20. The standard InChI is InChI=1S/C10H10BrIN2O/c11-6-1-4-8(12)9(5-6)14-10(15)13-7-2-3-7/h1,4-5,7H,2-3H2,(H2,13,14,15). The topological polar surface area (TPSA) is 41.1 Å². The molecular weight excluding hydrogens is 371 g/mol. The Balaban J connectivity index is 2.01. The Labute approximate surface area is 110 Å². The third-order valence-corrected chi connectivity index (χ3v) is 3.52. The maximum absolute atomic E-state index is 11.5. The van der Waals surface area contributed by atoms with Gasteiger partial charge in [-0.2, -0.15) is 0 Å². The van der Waals surface area contributed by atoms with Crippen LogP contribution in [0.25, 0.3) is 0 Å². The summed E-state index contributed by atoms with van der Waals surface area (Å²) < 4.78 is 1.99. The molecule has 0 bridgehead atoms. The molecule has 0 atom stereocenters. The summed E-state index contributed by atoms with van der Waals surface area (Å²) in [5.74, 6) is 0. The van der Waals surface area contributed by atoms with E-state index in [1.54, 1.807) is 0 Å². The van der Waals surface area contributed by atoms with Crippen LogP contribution in [0.2, 0.25) is 0 Å². The van der Waals surface area contributed by atoms with E-state index in [1.807, 2.05) is 18.2 Å². The predicted octanol–water partition coefficient (Wildman–Crippen LogP) is 3.34. The molecule has 1 aromatic carbocycles. The molecule has 0 heterocycles. The number of anilines is 1. The number of benzene rings is 1. The minimum Gasteiger partial charge on any atom is -0.335 e. The summed E-state index contributed by atoms with van der Waals surface area (Å²) >= 11 is 5.57. The van der Waals surface area contributed by atoms with Gasteiger partial charge in [-0.05, 0) is 53.6 Å². The molecule has 1 aromatic rings. The van der Waals surface area contributed by atoms with Gasteiger partial charge in [-0.3, -0.25) is 0 Å². The van der Waals surface area contributed by atoms with Gasteiger partial charge in [-0.1, -0.05) is 15.9 Å². The summed E-state index contributed by atoms with van der Waals surface area (Å²) in [7, 11) is 0. The lowest BCUT2D eigenvalue weighted by Gasteiger charge is -2.08. The van der Waals surface area contributed by atoms with Gasteiger partial charge in [0.1, 0.15) is 0 Å². The smallest absolute Gasteiger partial charge is 0.319 e. The first-order valence-electron chi connectivity index (χ1n) is 4.68. The number of carbonyl (C=O) groups is 1. The minimum atomic E-state index is -0.117. The van der Waals surface area contributed by atoms with Crippen LogP contribution in [0, 0.1) is 3.57 Å². The van der Waals surface area contributed by atoms with Gasteiger partial charge in [0.15, 0.2) is 0 Å². The van der Waals surface area contributed by atoms with Gasteiger partial charge in [0.25, 0.3) is 0 Å². The van der Waals surface area contributed by atoms with Crippen LogP contribution in [-0.4, -0.2) is 12.1 Å². The molecule has 1 fully saturated rings. The Hall–Kier alpha value is -0.300. The van der Waals surface area contributed by atoms with Crippen LogP contribution < -0.4 is 10.6 Å². The lowest BCUT2D eigenvalue weighted by molar-refractivity contribution is 0.251. The highest BCUT2D eigenvalue weighted by molar-refractivity contribution is 14.1. The number of halogens is 2. The number of amides is 2. The summed E-state index contributed by atoms with van der Waals surface area (Å²) in [6, 6.07) is 6.07. The van der Waals surface area contributed by atoms with Crippen molar-refractivity contribution in [2.24, 2.45) is 0 Å². The van der Waals surface area contributed by atoms with E-state index in [0.29, 0.717) is 6.04 Å². The Morgan fingerprint density at radius 1 is 1.47 bits per heavy atom. The van der Waals surface area contributed by atoms with Crippen molar-refractivity contribution in [3.63, 3.8) is 0 Å². The zero-order chi connectivity index (χ0) is 10.8. The van der Waals surface area contributed by atoms with Gasteiger partial charge in [0.05, 0.1) is 5.69 Å². The first kappa shape index (κ1) is 11.2. The van der Waals surface area contributed by atoms with Crippen molar-refractivity contribution in [1.29, 1.82) is 0 Å². The second kappa shape index (κ2) is 4.69. The Morgan fingerprint density at radius 3 is 2.87 bits per heavy atom. The molecule has 3 nitrogen and oxygen atoms in total. The largest absolute Gasteiger partial charge is 0.335 e. The van der Waals surface area contributed by atoms with Crippen molar-refractivity contribution in [3.05, 3.63) is 26.2 Å². The molecule has 0 spiro atoms. The number of nitrogens with one attached hydrogen (secondary N) is 2. The van der Waals surface area contributed by atoms with Crippen LogP contribution in [0.5, 0.6) is 0 Å². The first-order valence-corrected chi connectivity index (χ1v) is 6.55. The van der Waals surface area contributed by atoms with Gasteiger partial charge in [-0.15, -0.1) is 0 Å². The molecule has 2 amide bonds. The molecule has 1 aliphatic rings. The zero-order valence-electron chi connectivity index (χ0n) is 7.89. The van der Waals surface area contributed by atoms with E-state index in [4.69, 9.17) is 0 Å². The van der Waals surface area contributed by atoms with Crippen LogP contribution in [0.1, 0.15) is 12.8 Å². The predicted molar refractivity (Wildman–Crippen MR) is 72.0 cm³/mol. The molecule has 0 unspecified atom stereocenters. The normalized spacial score (nSPS) is 14.8. The number of urea groups is 1. The van der Waals surface area contributed by atoms with E-state index >= 15 is 0 Å². The Bertz CT molecular complexity index is 393. The molecule has 15 heavy (non-hydrogen) atoms. The monoisotopic (exact) mass is 380 g/mol. The molecule has 0 aliphatic heterocycles. The molecule has 2 rings (SSSR count). The number of hydrogen-bond acceptors (Lipinski definition) is 1. The van der Waals surface area contributed by atoms with Crippen molar-refractivity contribution in [3.8, 4) is 0 Å². The second-order valence-corrected chi connectivity index (χ2v) is 5.57. The molecule has 0 radical (unpaired) electrons. The van der Waals surface area contributed by atoms with E-state index in [2.05, 4.69) is 49.2 Å². The third-order valence-electron chi connectivity index (χ3n) is 2.09. The number of rotatable bonds is 2. The summed E-state index contributed by atoms with van der Waals surface area (Å²) in [6.45, 7) is 0. The molecule has 2 N–H and O–H groups in total. The highest BCUT2D eigenvalue weighted by Gasteiger charge is 2.23.